The molecule has 1 aromatic heterocycles. The van der Waals surface area contributed by atoms with Crippen molar-refractivity contribution >= 4 is 23.2 Å². The number of pyridine rings is 1. The standard InChI is InChI=1S/C21H20ClN3O/c22-18-8-6-16(7-9-18)12-13-23-21(26)20-11-10-19(15-25-20)24-14-17-4-2-1-3-5-17/h1-11,15,24H,12-14H2,(H,23,26). The van der Waals surface area contributed by atoms with E-state index in [4.69, 9.17) is 11.6 Å². The minimum atomic E-state index is -0.173. The summed E-state index contributed by atoms with van der Waals surface area (Å²) in [5.74, 6) is -0.173. The Morgan fingerprint density at radius 2 is 1.69 bits per heavy atom. The van der Waals surface area contributed by atoms with Crippen molar-refractivity contribution in [2.45, 2.75) is 13.0 Å². The van der Waals surface area contributed by atoms with Gasteiger partial charge in [-0.3, -0.25) is 4.79 Å². The van der Waals surface area contributed by atoms with E-state index in [0.29, 0.717) is 17.3 Å². The van der Waals surface area contributed by atoms with Gasteiger partial charge in [0.05, 0.1) is 11.9 Å². The summed E-state index contributed by atoms with van der Waals surface area (Å²) < 4.78 is 0. The minimum absolute atomic E-state index is 0.173. The summed E-state index contributed by atoms with van der Waals surface area (Å²) >= 11 is 5.86. The van der Waals surface area contributed by atoms with Crippen molar-refractivity contribution in [2.75, 3.05) is 11.9 Å². The summed E-state index contributed by atoms with van der Waals surface area (Å²) in [6.07, 6.45) is 2.43. The van der Waals surface area contributed by atoms with Crippen LogP contribution in [0.15, 0.2) is 72.9 Å². The molecule has 2 N–H and O–H groups in total. The minimum Gasteiger partial charge on any atom is -0.380 e. The Morgan fingerprint density at radius 1 is 0.923 bits per heavy atom. The first kappa shape index (κ1) is 18.0. The van der Waals surface area contributed by atoms with Crippen LogP contribution >= 0.6 is 11.6 Å². The van der Waals surface area contributed by atoms with Crippen LogP contribution in [0.25, 0.3) is 0 Å². The third kappa shape index (κ3) is 5.33. The second kappa shape index (κ2) is 9.02. The fourth-order valence-corrected chi connectivity index (χ4v) is 2.62. The van der Waals surface area contributed by atoms with Gasteiger partial charge in [0.25, 0.3) is 5.91 Å². The lowest BCUT2D eigenvalue weighted by Gasteiger charge is -2.08. The molecule has 1 heterocycles. The Labute approximate surface area is 158 Å². The molecular formula is C21H20ClN3O. The SMILES string of the molecule is O=C(NCCc1ccc(Cl)cc1)c1ccc(NCc2ccccc2)cn1. The molecule has 0 saturated carbocycles. The predicted octanol–water partition coefficient (Wildman–Crippen LogP) is 4.32. The number of nitrogens with zero attached hydrogens (tertiary/aromatic N) is 1. The monoisotopic (exact) mass is 365 g/mol. The number of anilines is 1. The molecule has 26 heavy (non-hydrogen) atoms. The number of carbonyl (C=O) groups is 1. The number of rotatable bonds is 7. The van der Waals surface area contributed by atoms with Gasteiger partial charge in [0.2, 0.25) is 0 Å². The van der Waals surface area contributed by atoms with E-state index in [1.807, 2.05) is 48.5 Å². The van der Waals surface area contributed by atoms with Crippen LogP contribution in [0.2, 0.25) is 5.02 Å². The number of hydrogen-bond acceptors (Lipinski definition) is 3. The van der Waals surface area contributed by atoms with Gasteiger partial charge in [-0.2, -0.15) is 0 Å². The highest BCUT2D eigenvalue weighted by Gasteiger charge is 2.06. The molecule has 5 heteroatoms. The van der Waals surface area contributed by atoms with Crippen molar-refractivity contribution in [1.82, 2.24) is 10.3 Å². The van der Waals surface area contributed by atoms with Crippen LogP contribution < -0.4 is 10.6 Å². The van der Waals surface area contributed by atoms with Gasteiger partial charge in [0.1, 0.15) is 5.69 Å². The molecule has 0 aliphatic rings. The lowest BCUT2D eigenvalue weighted by molar-refractivity contribution is 0.0949. The molecule has 0 aliphatic heterocycles. The van der Waals surface area contributed by atoms with E-state index in [1.165, 1.54) is 5.56 Å². The average molecular weight is 366 g/mol. The summed E-state index contributed by atoms with van der Waals surface area (Å²) in [5, 5.41) is 6.89. The summed E-state index contributed by atoms with van der Waals surface area (Å²) in [6, 6.07) is 21.3. The number of aromatic nitrogens is 1. The van der Waals surface area contributed by atoms with E-state index in [-0.39, 0.29) is 5.91 Å². The maximum Gasteiger partial charge on any atom is 0.269 e. The van der Waals surface area contributed by atoms with Crippen LogP contribution in [0.3, 0.4) is 0 Å². The van der Waals surface area contributed by atoms with E-state index in [2.05, 4.69) is 27.8 Å². The molecule has 3 aromatic rings. The van der Waals surface area contributed by atoms with Gasteiger partial charge in [-0.25, -0.2) is 4.98 Å². The molecule has 0 aliphatic carbocycles. The van der Waals surface area contributed by atoms with E-state index < -0.39 is 0 Å². The zero-order valence-electron chi connectivity index (χ0n) is 14.3. The lowest BCUT2D eigenvalue weighted by atomic mass is 10.1. The van der Waals surface area contributed by atoms with Crippen molar-refractivity contribution in [3.05, 3.63) is 94.8 Å². The largest absolute Gasteiger partial charge is 0.380 e. The van der Waals surface area contributed by atoms with Crippen LogP contribution in [0.1, 0.15) is 21.6 Å². The number of nitrogens with one attached hydrogen (secondary N) is 2. The van der Waals surface area contributed by atoms with E-state index in [0.717, 1.165) is 24.2 Å². The maximum atomic E-state index is 12.2. The Hall–Kier alpha value is -2.85. The van der Waals surface area contributed by atoms with E-state index in [1.54, 1.807) is 12.3 Å². The third-order valence-corrected chi connectivity index (χ3v) is 4.20. The van der Waals surface area contributed by atoms with E-state index >= 15 is 0 Å². The van der Waals surface area contributed by atoms with Crippen molar-refractivity contribution in [3.8, 4) is 0 Å². The second-order valence-electron chi connectivity index (χ2n) is 5.90. The third-order valence-electron chi connectivity index (χ3n) is 3.95. The van der Waals surface area contributed by atoms with Gasteiger partial charge >= 0.3 is 0 Å². The van der Waals surface area contributed by atoms with Crippen LogP contribution in [0, 0.1) is 0 Å². The average Bonchev–Trinajstić information content (AvgIpc) is 2.69. The first-order chi connectivity index (χ1) is 12.7. The topological polar surface area (TPSA) is 54.0 Å². The van der Waals surface area contributed by atoms with Crippen LogP contribution in [0.5, 0.6) is 0 Å². The molecule has 0 unspecified atom stereocenters. The second-order valence-corrected chi connectivity index (χ2v) is 6.34. The van der Waals surface area contributed by atoms with Crippen molar-refractivity contribution in [3.63, 3.8) is 0 Å². The molecule has 0 spiro atoms. The highest BCUT2D eigenvalue weighted by atomic mass is 35.5. The summed E-state index contributed by atoms with van der Waals surface area (Å²) in [6.45, 7) is 1.27. The fourth-order valence-electron chi connectivity index (χ4n) is 2.49. The summed E-state index contributed by atoms with van der Waals surface area (Å²) in [5.41, 5.74) is 3.61. The Balaban J connectivity index is 1.46. The highest BCUT2D eigenvalue weighted by Crippen LogP contribution is 2.10. The van der Waals surface area contributed by atoms with Crippen molar-refractivity contribution in [2.24, 2.45) is 0 Å². The van der Waals surface area contributed by atoms with Gasteiger partial charge in [-0.05, 0) is 41.8 Å². The Bertz CT molecular complexity index is 833. The zero-order chi connectivity index (χ0) is 18.2. The lowest BCUT2D eigenvalue weighted by Crippen LogP contribution is -2.26. The van der Waals surface area contributed by atoms with Gasteiger partial charge in [-0.1, -0.05) is 54.1 Å². The Kier molecular flexibility index (Phi) is 6.23. The van der Waals surface area contributed by atoms with Crippen molar-refractivity contribution in [1.29, 1.82) is 0 Å². The van der Waals surface area contributed by atoms with Gasteiger partial charge in [0.15, 0.2) is 0 Å². The number of benzene rings is 2. The molecule has 2 aromatic carbocycles. The zero-order valence-corrected chi connectivity index (χ0v) is 15.0. The molecule has 0 bridgehead atoms. The Morgan fingerprint density at radius 3 is 2.38 bits per heavy atom. The van der Waals surface area contributed by atoms with Crippen LogP contribution in [-0.2, 0) is 13.0 Å². The molecule has 4 nitrogen and oxygen atoms in total. The molecule has 0 radical (unpaired) electrons. The normalized spacial score (nSPS) is 10.3. The molecule has 132 valence electrons. The van der Waals surface area contributed by atoms with Gasteiger partial charge < -0.3 is 10.6 Å². The van der Waals surface area contributed by atoms with Crippen LogP contribution in [-0.4, -0.2) is 17.4 Å². The molecule has 0 fully saturated rings. The number of amides is 1. The van der Waals surface area contributed by atoms with Crippen molar-refractivity contribution < 1.29 is 4.79 Å². The molecule has 1 amide bonds. The first-order valence-corrected chi connectivity index (χ1v) is 8.85. The summed E-state index contributed by atoms with van der Waals surface area (Å²) in [7, 11) is 0. The molecular weight excluding hydrogens is 346 g/mol. The summed E-state index contributed by atoms with van der Waals surface area (Å²) in [4.78, 5) is 16.4. The first-order valence-electron chi connectivity index (χ1n) is 8.47. The smallest absolute Gasteiger partial charge is 0.269 e. The maximum absolute atomic E-state index is 12.2. The predicted molar refractivity (Wildman–Crippen MR) is 105 cm³/mol. The van der Waals surface area contributed by atoms with Crippen LogP contribution in [0.4, 0.5) is 5.69 Å². The number of carbonyl (C=O) groups excluding carboxylic acids is 1. The van der Waals surface area contributed by atoms with Gasteiger partial charge in [0, 0.05) is 18.1 Å². The molecule has 0 atom stereocenters. The van der Waals surface area contributed by atoms with Gasteiger partial charge in [-0.15, -0.1) is 0 Å². The molecule has 3 rings (SSSR count). The quantitative estimate of drug-likeness (QED) is 0.655. The molecule has 0 saturated heterocycles. The number of hydrogen-bond donors (Lipinski definition) is 2. The number of halogens is 1. The highest BCUT2D eigenvalue weighted by molar-refractivity contribution is 6.30. The van der Waals surface area contributed by atoms with E-state index in [9.17, 15) is 4.79 Å². The fraction of sp³-hybridized carbons (Fsp3) is 0.143.